The molecule has 0 bridgehead atoms. The Hall–Kier alpha value is 0.530. The summed E-state index contributed by atoms with van der Waals surface area (Å²) < 4.78 is 57.5. The molecule has 0 aromatic rings. The number of aliphatic hydroxyl groups excluding tert-OH is 1. The van der Waals surface area contributed by atoms with E-state index in [-0.39, 0.29) is 32.5 Å². The van der Waals surface area contributed by atoms with Gasteiger partial charge in [-0.05, 0) is 6.92 Å². The van der Waals surface area contributed by atoms with Crippen LogP contribution in [0.5, 0.6) is 0 Å². The van der Waals surface area contributed by atoms with Crippen LogP contribution in [-0.2, 0) is 36.0 Å². The monoisotopic (exact) mass is 241 g/mol. The van der Waals surface area contributed by atoms with Crippen LogP contribution in [0.15, 0.2) is 0 Å². The van der Waals surface area contributed by atoms with Crippen molar-refractivity contribution in [1.29, 1.82) is 0 Å². The van der Waals surface area contributed by atoms with Gasteiger partial charge in [0.1, 0.15) is 0 Å². The zero-order chi connectivity index (χ0) is 9.71. The normalized spacial score (nSPS) is 10.8. The second kappa shape index (κ2) is 6.98. The van der Waals surface area contributed by atoms with Crippen molar-refractivity contribution in [3.8, 4) is 0 Å². The van der Waals surface area contributed by atoms with Crippen LogP contribution in [0.25, 0.3) is 0 Å². The Balaban J connectivity index is -0.000000177. The fourth-order valence-electron chi connectivity index (χ4n) is 0. The number of alkyl halides is 3. The van der Waals surface area contributed by atoms with Crippen molar-refractivity contribution in [3.05, 3.63) is 0 Å². The second-order valence-corrected chi connectivity index (χ2v) is 2.65. The molecule has 9 heteroatoms. The minimum atomic E-state index is -5.84. The average molecular weight is 241 g/mol. The van der Waals surface area contributed by atoms with Crippen molar-refractivity contribution in [2.24, 2.45) is 0 Å². The summed E-state index contributed by atoms with van der Waals surface area (Å²) in [6.07, 6.45) is 0. The van der Waals surface area contributed by atoms with Crippen molar-refractivity contribution in [3.63, 3.8) is 0 Å². The molecule has 0 atom stereocenters. The van der Waals surface area contributed by atoms with Gasteiger partial charge in [0.15, 0.2) is 0 Å². The summed E-state index contributed by atoms with van der Waals surface area (Å²) in [7, 11) is -5.84. The summed E-state index contributed by atoms with van der Waals surface area (Å²) in [6.45, 7) is 1.93. The second-order valence-electron chi connectivity index (χ2n) is 1.24. The quantitative estimate of drug-likeness (QED) is 0.475. The maximum atomic E-state index is 10.7. The van der Waals surface area contributed by atoms with E-state index in [9.17, 15) is 13.2 Å². The standard InChI is InChI=1S/C2H6O.CHF3O3S.Sc/c1-2-3;2-1(3,4)8(5,6)7;/h3H,2H2,1H3;(H,5,6,7);. The van der Waals surface area contributed by atoms with E-state index in [1.165, 1.54) is 0 Å². The molecular weight excluding hydrogens is 234 g/mol. The van der Waals surface area contributed by atoms with Crippen LogP contribution in [0, 0.1) is 0 Å². The maximum absolute atomic E-state index is 10.7. The molecule has 0 fully saturated rings. The van der Waals surface area contributed by atoms with Gasteiger partial charge in [-0.15, -0.1) is 0 Å². The predicted molar refractivity (Wildman–Crippen MR) is 30.4 cm³/mol. The van der Waals surface area contributed by atoms with E-state index in [0.29, 0.717) is 0 Å². The first-order chi connectivity index (χ1) is 4.66. The Kier molecular flexibility index (Phi) is 10.7. The summed E-state index contributed by atoms with van der Waals surface area (Å²) in [6, 6.07) is 0. The number of hydrogen-bond donors (Lipinski definition) is 2. The van der Waals surface area contributed by atoms with Gasteiger partial charge >= 0.3 is 15.6 Å². The topological polar surface area (TPSA) is 74.6 Å². The Morgan fingerprint density at radius 3 is 1.42 bits per heavy atom. The van der Waals surface area contributed by atoms with Crippen LogP contribution in [0.2, 0.25) is 0 Å². The van der Waals surface area contributed by atoms with Crippen LogP contribution in [0.3, 0.4) is 0 Å². The fourth-order valence-corrected chi connectivity index (χ4v) is 0. The van der Waals surface area contributed by atoms with Crippen molar-refractivity contribution in [1.82, 2.24) is 0 Å². The number of halogens is 3. The molecule has 4 nitrogen and oxygen atoms in total. The number of hydrogen-bond acceptors (Lipinski definition) is 3. The first-order valence-electron chi connectivity index (χ1n) is 2.31. The van der Waals surface area contributed by atoms with Crippen molar-refractivity contribution in [2.75, 3.05) is 6.61 Å². The van der Waals surface area contributed by atoms with Crippen LogP contribution in [0.1, 0.15) is 6.92 Å². The zero-order valence-corrected chi connectivity index (χ0v) is 8.66. The van der Waals surface area contributed by atoms with Gasteiger partial charge < -0.3 is 5.11 Å². The molecule has 0 aliphatic heterocycles. The smallest absolute Gasteiger partial charge is 0.397 e. The maximum Gasteiger partial charge on any atom is 0.522 e. The fraction of sp³-hybridized carbons (Fsp3) is 1.00. The molecule has 0 aromatic carbocycles. The van der Waals surface area contributed by atoms with Crippen LogP contribution in [0.4, 0.5) is 13.2 Å². The first kappa shape index (κ1) is 18.3. The van der Waals surface area contributed by atoms with Crippen molar-refractivity contribution < 1.29 is 57.1 Å². The average Bonchev–Trinajstić information content (AvgIpc) is 1.60. The molecule has 2 N–H and O–H groups in total. The van der Waals surface area contributed by atoms with E-state index < -0.39 is 15.6 Å². The Morgan fingerprint density at radius 1 is 1.33 bits per heavy atom. The van der Waals surface area contributed by atoms with Gasteiger partial charge in [-0.25, -0.2) is 0 Å². The molecule has 0 amide bonds. The molecule has 0 saturated carbocycles. The predicted octanol–water partition coefficient (Wildman–Crippen LogP) is 0.390. The Morgan fingerprint density at radius 2 is 1.42 bits per heavy atom. The van der Waals surface area contributed by atoms with Gasteiger partial charge in [0, 0.05) is 32.5 Å². The summed E-state index contributed by atoms with van der Waals surface area (Å²) in [5, 5.41) is 7.57. The first-order valence-corrected chi connectivity index (χ1v) is 3.75. The van der Waals surface area contributed by atoms with E-state index in [2.05, 4.69) is 0 Å². The molecule has 0 spiro atoms. The molecule has 0 heterocycles. The number of aliphatic hydroxyl groups is 1. The third-order valence-electron chi connectivity index (χ3n) is 0.292. The molecule has 73 valence electrons. The summed E-state index contributed by atoms with van der Waals surface area (Å²) in [4.78, 5) is 0. The van der Waals surface area contributed by atoms with Crippen molar-refractivity contribution in [2.45, 2.75) is 12.4 Å². The largest absolute Gasteiger partial charge is 0.522 e. The van der Waals surface area contributed by atoms with Crippen molar-refractivity contribution >= 4 is 10.1 Å². The Labute approximate surface area is 86.3 Å². The minimum Gasteiger partial charge on any atom is -0.397 e. The molecule has 12 heavy (non-hydrogen) atoms. The summed E-state index contributed by atoms with van der Waals surface area (Å²) in [5.41, 5.74) is -5.53. The van der Waals surface area contributed by atoms with E-state index in [1.54, 1.807) is 6.92 Å². The van der Waals surface area contributed by atoms with E-state index in [1.807, 2.05) is 0 Å². The molecule has 0 saturated heterocycles. The third kappa shape index (κ3) is 10.5. The van der Waals surface area contributed by atoms with Gasteiger partial charge in [0.05, 0.1) is 0 Å². The van der Waals surface area contributed by atoms with E-state index in [4.69, 9.17) is 18.1 Å². The van der Waals surface area contributed by atoms with E-state index in [0.717, 1.165) is 0 Å². The van der Waals surface area contributed by atoms with Gasteiger partial charge in [-0.3, -0.25) is 4.55 Å². The van der Waals surface area contributed by atoms with Crippen LogP contribution < -0.4 is 0 Å². The Bertz CT molecular complexity index is 186. The zero-order valence-electron chi connectivity index (χ0n) is 6.04. The summed E-state index contributed by atoms with van der Waals surface area (Å²) >= 11 is 0. The summed E-state index contributed by atoms with van der Waals surface area (Å²) in [5.74, 6) is 0. The number of rotatable bonds is 0. The minimum absolute atomic E-state index is 0. The molecule has 0 aliphatic rings. The van der Waals surface area contributed by atoms with Gasteiger partial charge in [-0.1, -0.05) is 0 Å². The third-order valence-corrected chi connectivity index (χ3v) is 0.877. The van der Waals surface area contributed by atoms with Gasteiger partial charge in [0.25, 0.3) is 0 Å². The van der Waals surface area contributed by atoms with E-state index >= 15 is 0 Å². The SMILES string of the molecule is CCO.O=S(=O)(O)C(F)(F)F.[Sc]. The molecule has 0 unspecified atom stereocenters. The molecular formula is C3H7F3O4SSc. The van der Waals surface area contributed by atoms with Crippen LogP contribution in [-0.4, -0.2) is 30.2 Å². The molecule has 1 radical (unpaired) electrons. The molecule has 0 rings (SSSR count). The molecule has 0 aromatic heterocycles. The van der Waals surface area contributed by atoms with Crippen LogP contribution >= 0.6 is 0 Å². The van der Waals surface area contributed by atoms with Gasteiger partial charge in [-0.2, -0.15) is 21.6 Å². The van der Waals surface area contributed by atoms with Gasteiger partial charge in [0.2, 0.25) is 0 Å². The molecule has 0 aliphatic carbocycles.